The van der Waals surface area contributed by atoms with E-state index in [0.717, 1.165) is 16.7 Å². The SMILES string of the molecule is Cc1ccc(-c2cc(=O)c3cc(C)c(C)c(C#N)c3o2)cc1N. The van der Waals surface area contributed by atoms with E-state index in [2.05, 4.69) is 6.07 Å². The van der Waals surface area contributed by atoms with E-state index in [-0.39, 0.29) is 5.43 Å². The van der Waals surface area contributed by atoms with Gasteiger partial charge in [0, 0.05) is 17.3 Å². The zero-order valence-corrected chi connectivity index (χ0v) is 13.2. The number of hydrogen-bond donors (Lipinski definition) is 1. The van der Waals surface area contributed by atoms with Gasteiger partial charge in [-0.2, -0.15) is 5.26 Å². The summed E-state index contributed by atoms with van der Waals surface area (Å²) in [5.41, 5.74) is 10.5. The van der Waals surface area contributed by atoms with Crippen LogP contribution in [0.3, 0.4) is 0 Å². The third-order valence-electron chi connectivity index (χ3n) is 4.21. The van der Waals surface area contributed by atoms with Crippen LogP contribution >= 0.6 is 0 Å². The van der Waals surface area contributed by atoms with Gasteiger partial charge in [-0.25, -0.2) is 0 Å². The molecule has 4 nitrogen and oxygen atoms in total. The molecule has 2 N–H and O–H groups in total. The Morgan fingerprint density at radius 3 is 2.48 bits per heavy atom. The van der Waals surface area contributed by atoms with E-state index >= 15 is 0 Å². The van der Waals surface area contributed by atoms with E-state index in [1.54, 1.807) is 12.1 Å². The quantitative estimate of drug-likeness (QED) is 0.693. The number of anilines is 1. The van der Waals surface area contributed by atoms with Crippen LogP contribution < -0.4 is 11.2 Å². The second-order valence-electron chi connectivity index (χ2n) is 5.73. The summed E-state index contributed by atoms with van der Waals surface area (Å²) in [7, 11) is 0. The zero-order valence-electron chi connectivity index (χ0n) is 13.2. The molecule has 0 unspecified atom stereocenters. The highest BCUT2D eigenvalue weighted by Crippen LogP contribution is 2.29. The van der Waals surface area contributed by atoms with E-state index in [9.17, 15) is 10.1 Å². The number of aryl methyl sites for hydroxylation is 2. The first-order valence-corrected chi connectivity index (χ1v) is 7.27. The van der Waals surface area contributed by atoms with Gasteiger partial charge in [0.25, 0.3) is 0 Å². The molecule has 0 saturated heterocycles. The van der Waals surface area contributed by atoms with E-state index in [1.165, 1.54) is 6.07 Å². The first-order chi connectivity index (χ1) is 10.9. The molecule has 0 fully saturated rings. The van der Waals surface area contributed by atoms with Gasteiger partial charge in [-0.3, -0.25) is 4.79 Å². The highest BCUT2D eigenvalue weighted by Gasteiger charge is 2.14. The number of nitrogens with two attached hydrogens (primary N) is 1. The minimum atomic E-state index is -0.167. The largest absolute Gasteiger partial charge is 0.454 e. The van der Waals surface area contributed by atoms with Crippen LogP contribution in [0.4, 0.5) is 5.69 Å². The Kier molecular flexibility index (Phi) is 3.42. The molecule has 0 bridgehead atoms. The van der Waals surface area contributed by atoms with Crippen LogP contribution in [0.2, 0.25) is 0 Å². The molecule has 0 saturated carbocycles. The van der Waals surface area contributed by atoms with Crippen LogP contribution in [0.25, 0.3) is 22.3 Å². The molecule has 0 atom stereocenters. The molecule has 0 radical (unpaired) electrons. The molecule has 0 aliphatic rings. The maximum absolute atomic E-state index is 12.5. The fourth-order valence-corrected chi connectivity index (χ4v) is 2.59. The van der Waals surface area contributed by atoms with Crippen LogP contribution in [-0.2, 0) is 0 Å². The summed E-state index contributed by atoms with van der Waals surface area (Å²) in [4.78, 5) is 12.5. The van der Waals surface area contributed by atoms with Gasteiger partial charge in [-0.15, -0.1) is 0 Å². The molecule has 0 spiro atoms. The molecule has 0 aliphatic heterocycles. The molecule has 2 aromatic carbocycles. The fraction of sp³-hybridized carbons (Fsp3) is 0.158. The number of benzene rings is 2. The highest BCUT2D eigenvalue weighted by atomic mass is 16.3. The van der Waals surface area contributed by atoms with E-state index < -0.39 is 0 Å². The minimum Gasteiger partial charge on any atom is -0.454 e. The predicted octanol–water partition coefficient (Wildman–Crippen LogP) is 3.84. The van der Waals surface area contributed by atoms with Crippen LogP contribution in [0.1, 0.15) is 22.3 Å². The van der Waals surface area contributed by atoms with Gasteiger partial charge >= 0.3 is 0 Å². The molecular weight excluding hydrogens is 288 g/mol. The number of hydrogen-bond acceptors (Lipinski definition) is 4. The van der Waals surface area contributed by atoms with Gasteiger partial charge in [0.05, 0.1) is 10.9 Å². The first-order valence-electron chi connectivity index (χ1n) is 7.27. The van der Waals surface area contributed by atoms with E-state index in [1.807, 2.05) is 32.9 Å². The average molecular weight is 304 g/mol. The molecule has 114 valence electrons. The molecule has 1 aromatic heterocycles. The van der Waals surface area contributed by atoms with Crippen molar-refractivity contribution < 1.29 is 4.42 Å². The number of rotatable bonds is 1. The Bertz CT molecular complexity index is 1040. The van der Waals surface area contributed by atoms with Crippen molar-refractivity contribution in [1.29, 1.82) is 5.26 Å². The topological polar surface area (TPSA) is 80.0 Å². The maximum atomic E-state index is 12.5. The summed E-state index contributed by atoms with van der Waals surface area (Å²) < 4.78 is 5.90. The molecule has 4 heteroatoms. The first kappa shape index (κ1) is 14.9. The van der Waals surface area contributed by atoms with Crippen molar-refractivity contribution in [2.75, 3.05) is 5.73 Å². The fourth-order valence-electron chi connectivity index (χ4n) is 2.59. The van der Waals surface area contributed by atoms with Gasteiger partial charge < -0.3 is 10.2 Å². The van der Waals surface area contributed by atoms with Gasteiger partial charge in [0.1, 0.15) is 11.8 Å². The monoisotopic (exact) mass is 304 g/mol. The Morgan fingerprint density at radius 1 is 1.09 bits per heavy atom. The van der Waals surface area contributed by atoms with Gasteiger partial charge in [-0.1, -0.05) is 12.1 Å². The summed E-state index contributed by atoms with van der Waals surface area (Å²) in [6, 6.07) is 10.9. The van der Waals surface area contributed by atoms with Crippen molar-refractivity contribution in [3.63, 3.8) is 0 Å². The highest BCUT2D eigenvalue weighted by molar-refractivity contribution is 5.86. The summed E-state index contributed by atoms with van der Waals surface area (Å²) >= 11 is 0. The third-order valence-corrected chi connectivity index (χ3v) is 4.21. The van der Waals surface area contributed by atoms with Crippen LogP contribution in [0.15, 0.2) is 39.5 Å². The zero-order chi connectivity index (χ0) is 16.7. The van der Waals surface area contributed by atoms with Gasteiger partial charge in [0.15, 0.2) is 11.0 Å². The van der Waals surface area contributed by atoms with Crippen LogP contribution in [0.5, 0.6) is 0 Å². The third kappa shape index (κ3) is 2.36. The minimum absolute atomic E-state index is 0.167. The summed E-state index contributed by atoms with van der Waals surface area (Å²) in [6.07, 6.45) is 0. The summed E-state index contributed by atoms with van der Waals surface area (Å²) in [6.45, 7) is 5.64. The van der Waals surface area contributed by atoms with Crippen molar-refractivity contribution in [1.82, 2.24) is 0 Å². The van der Waals surface area contributed by atoms with Crippen LogP contribution in [0, 0.1) is 32.1 Å². The average Bonchev–Trinajstić information content (AvgIpc) is 2.52. The van der Waals surface area contributed by atoms with Crippen molar-refractivity contribution in [2.24, 2.45) is 0 Å². The number of nitriles is 1. The molecule has 1 heterocycles. The van der Waals surface area contributed by atoms with Crippen molar-refractivity contribution in [3.05, 3.63) is 62.8 Å². The molecule has 23 heavy (non-hydrogen) atoms. The maximum Gasteiger partial charge on any atom is 0.193 e. The van der Waals surface area contributed by atoms with Gasteiger partial charge in [-0.05, 0) is 49.6 Å². The lowest BCUT2D eigenvalue weighted by Gasteiger charge is -2.09. The molecule has 3 rings (SSSR count). The van der Waals surface area contributed by atoms with Gasteiger partial charge in [0.2, 0.25) is 0 Å². The normalized spacial score (nSPS) is 10.7. The Morgan fingerprint density at radius 2 is 1.83 bits per heavy atom. The number of nitrogen functional groups attached to an aromatic ring is 1. The van der Waals surface area contributed by atoms with Crippen LogP contribution in [-0.4, -0.2) is 0 Å². The number of nitrogens with zero attached hydrogens (tertiary/aromatic N) is 1. The summed E-state index contributed by atoms with van der Waals surface area (Å²) in [5, 5.41) is 9.87. The lowest BCUT2D eigenvalue weighted by molar-refractivity contribution is 0.617. The summed E-state index contributed by atoms with van der Waals surface area (Å²) in [5.74, 6) is 0.411. The standard InChI is InChI=1S/C19H16N2O2/c1-10-4-5-13(7-16(10)21)18-8-17(22)14-6-11(2)12(3)15(9-20)19(14)23-18/h4-8H,21H2,1-3H3. The smallest absolute Gasteiger partial charge is 0.193 e. The second kappa shape index (κ2) is 5.29. The lowest BCUT2D eigenvalue weighted by atomic mass is 9.99. The predicted molar refractivity (Wildman–Crippen MR) is 91.3 cm³/mol. The molecular formula is C19H16N2O2. The Balaban J connectivity index is 2.37. The Hall–Kier alpha value is -3.06. The van der Waals surface area contributed by atoms with Crippen molar-refractivity contribution >= 4 is 16.7 Å². The van der Waals surface area contributed by atoms with Crippen molar-refractivity contribution in [3.8, 4) is 17.4 Å². The molecule has 0 amide bonds. The van der Waals surface area contributed by atoms with E-state index in [4.69, 9.17) is 10.2 Å². The van der Waals surface area contributed by atoms with Crippen molar-refractivity contribution in [2.45, 2.75) is 20.8 Å². The lowest BCUT2D eigenvalue weighted by Crippen LogP contribution is -2.04. The Labute approximate surface area is 133 Å². The number of fused-ring (bicyclic) bond motifs is 1. The molecule has 0 aliphatic carbocycles. The second-order valence-corrected chi connectivity index (χ2v) is 5.73. The molecule has 3 aromatic rings. The van der Waals surface area contributed by atoms with E-state index in [0.29, 0.717) is 33.5 Å².